The summed E-state index contributed by atoms with van der Waals surface area (Å²) in [4.78, 5) is 0. The largest absolute Gasteiger partial charge is 0.403 e. The predicted molar refractivity (Wildman–Crippen MR) is 85.7 cm³/mol. The van der Waals surface area contributed by atoms with E-state index < -0.39 is 7.63 Å². The van der Waals surface area contributed by atoms with Gasteiger partial charge >= 0.3 is 0 Å². The monoisotopic (exact) mass is 292 g/mol. The molecule has 0 aliphatic heterocycles. The molecular weight excluding hydrogens is 260 g/mol. The van der Waals surface area contributed by atoms with Crippen LogP contribution in [0.4, 0.5) is 0 Å². The van der Waals surface area contributed by atoms with E-state index in [1.54, 1.807) is 0 Å². The first kappa shape index (κ1) is 18.5. The highest BCUT2D eigenvalue weighted by atomic mass is 35.6. The fraction of sp³-hybridized carbons (Fsp3) is 1.00. The Labute approximate surface area is 120 Å². The fourth-order valence-electron chi connectivity index (χ4n) is 2.19. The maximum absolute atomic E-state index is 6.79. The lowest BCUT2D eigenvalue weighted by Gasteiger charge is -2.24. The van der Waals surface area contributed by atoms with Crippen molar-refractivity contribution in [2.24, 2.45) is 0 Å². The van der Waals surface area contributed by atoms with Crippen LogP contribution >= 0.6 is 11.1 Å². The van der Waals surface area contributed by atoms with Crippen LogP contribution in [0, 0.1) is 0 Å². The summed E-state index contributed by atoms with van der Waals surface area (Å²) in [5, 5.41) is 0. The van der Waals surface area contributed by atoms with E-state index in [0.29, 0.717) is 0 Å². The SMILES string of the molecule is CCCCCC[Si](Cl)(CCCCCC)OCCC. The molecule has 0 heterocycles. The minimum absolute atomic E-state index is 0.858. The summed E-state index contributed by atoms with van der Waals surface area (Å²) in [5.41, 5.74) is 0. The van der Waals surface area contributed by atoms with Crippen LogP contribution in [-0.2, 0) is 4.43 Å². The van der Waals surface area contributed by atoms with Gasteiger partial charge in [-0.1, -0.05) is 72.1 Å². The molecule has 0 rings (SSSR count). The second kappa shape index (κ2) is 12.5. The van der Waals surface area contributed by atoms with Crippen molar-refractivity contribution in [2.75, 3.05) is 6.61 Å². The molecule has 0 aromatic heterocycles. The topological polar surface area (TPSA) is 9.23 Å². The van der Waals surface area contributed by atoms with Gasteiger partial charge in [0.1, 0.15) is 0 Å². The zero-order valence-electron chi connectivity index (χ0n) is 12.8. The maximum Gasteiger partial charge on any atom is 0.290 e. The lowest BCUT2D eigenvalue weighted by atomic mass is 10.2. The Kier molecular flexibility index (Phi) is 12.8. The van der Waals surface area contributed by atoms with Crippen LogP contribution in [0.15, 0.2) is 0 Å². The number of rotatable bonds is 13. The van der Waals surface area contributed by atoms with Crippen LogP contribution in [0.3, 0.4) is 0 Å². The molecule has 3 heteroatoms. The van der Waals surface area contributed by atoms with Crippen molar-refractivity contribution in [3.63, 3.8) is 0 Å². The van der Waals surface area contributed by atoms with Gasteiger partial charge in [0, 0.05) is 6.61 Å². The Morgan fingerprint density at radius 3 is 1.61 bits per heavy atom. The van der Waals surface area contributed by atoms with Crippen molar-refractivity contribution in [1.82, 2.24) is 0 Å². The second-order valence-corrected chi connectivity index (χ2v) is 10.5. The van der Waals surface area contributed by atoms with Crippen LogP contribution in [-0.4, -0.2) is 14.2 Å². The minimum atomic E-state index is -1.90. The average Bonchev–Trinajstić information content (AvgIpc) is 2.38. The van der Waals surface area contributed by atoms with Gasteiger partial charge in [0.25, 0.3) is 7.63 Å². The zero-order valence-corrected chi connectivity index (χ0v) is 14.5. The molecule has 0 radical (unpaired) electrons. The quantitative estimate of drug-likeness (QED) is 0.221. The molecule has 0 N–H and O–H groups in total. The van der Waals surface area contributed by atoms with Gasteiger partial charge in [-0.15, -0.1) is 11.1 Å². The third-order valence-corrected chi connectivity index (χ3v) is 7.76. The third kappa shape index (κ3) is 10.4. The Balaban J connectivity index is 3.90. The smallest absolute Gasteiger partial charge is 0.290 e. The molecule has 0 fully saturated rings. The molecule has 110 valence electrons. The summed E-state index contributed by atoms with van der Waals surface area (Å²) in [7, 11) is -1.90. The van der Waals surface area contributed by atoms with Crippen molar-refractivity contribution in [2.45, 2.75) is 90.6 Å². The summed E-state index contributed by atoms with van der Waals surface area (Å²) in [6, 6.07) is 2.31. The minimum Gasteiger partial charge on any atom is -0.403 e. The zero-order chi connectivity index (χ0) is 13.7. The van der Waals surface area contributed by atoms with Gasteiger partial charge in [-0.25, -0.2) is 0 Å². The molecule has 1 nitrogen and oxygen atoms in total. The first-order chi connectivity index (χ1) is 8.68. The molecule has 0 aromatic carbocycles. The first-order valence-electron chi connectivity index (χ1n) is 8.01. The summed E-state index contributed by atoms with van der Waals surface area (Å²) >= 11 is 6.79. The van der Waals surface area contributed by atoms with E-state index in [2.05, 4.69) is 20.8 Å². The molecule has 0 atom stereocenters. The van der Waals surface area contributed by atoms with Crippen LogP contribution < -0.4 is 0 Å². The summed E-state index contributed by atoms with van der Waals surface area (Å²) in [6.07, 6.45) is 11.5. The normalized spacial score (nSPS) is 12.0. The molecule has 0 saturated heterocycles. The summed E-state index contributed by atoms with van der Waals surface area (Å²) in [5.74, 6) is 0. The average molecular weight is 293 g/mol. The molecular formula is C15H33ClOSi. The van der Waals surface area contributed by atoms with E-state index in [4.69, 9.17) is 15.5 Å². The number of unbranched alkanes of at least 4 members (excludes halogenated alkanes) is 6. The predicted octanol–water partition coefficient (Wildman–Crippen LogP) is 6.25. The lowest BCUT2D eigenvalue weighted by molar-refractivity contribution is 0.308. The van der Waals surface area contributed by atoms with Crippen molar-refractivity contribution in [3.8, 4) is 0 Å². The summed E-state index contributed by atoms with van der Waals surface area (Å²) < 4.78 is 6.04. The highest BCUT2D eigenvalue weighted by Crippen LogP contribution is 2.28. The van der Waals surface area contributed by atoms with Crippen LogP contribution in [0.25, 0.3) is 0 Å². The highest BCUT2D eigenvalue weighted by molar-refractivity contribution is 7.16. The van der Waals surface area contributed by atoms with Crippen molar-refractivity contribution in [1.29, 1.82) is 0 Å². The molecule has 0 aliphatic rings. The van der Waals surface area contributed by atoms with Gasteiger partial charge in [-0.05, 0) is 18.5 Å². The standard InChI is InChI=1S/C15H33ClOSi/c1-4-7-9-11-14-18(16,17-13-6-3)15-12-10-8-5-2/h4-15H2,1-3H3. The Morgan fingerprint density at radius 1 is 0.722 bits per heavy atom. The van der Waals surface area contributed by atoms with E-state index in [0.717, 1.165) is 25.1 Å². The van der Waals surface area contributed by atoms with Gasteiger partial charge in [0.05, 0.1) is 0 Å². The van der Waals surface area contributed by atoms with E-state index in [-0.39, 0.29) is 0 Å². The van der Waals surface area contributed by atoms with E-state index in [9.17, 15) is 0 Å². The first-order valence-corrected chi connectivity index (χ1v) is 11.3. The van der Waals surface area contributed by atoms with Gasteiger partial charge in [-0.2, -0.15) is 0 Å². The molecule has 18 heavy (non-hydrogen) atoms. The lowest BCUT2D eigenvalue weighted by Crippen LogP contribution is -2.32. The molecule has 0 aliphatic carbocycles. The molecule has 0 amide bonds. The third-order valence-electron chi connectivity index (χ3n) is 3.37. The van der Waals surface area contributed by atoms with Gasteiger partial charge in [0.2, 0.25) is 0 Å². The molecule has 0 unspecified atom stereocenters. The summed E-state index contributed by atoms with van der Waals surface area (Å²) in [6.45, 7) is 7.53. The molecule has 0 bridgehead atoms. The van der Waals surface area contributed by atoms with Crippen molar-refractivity contribution in [3.05, 3.63) is 0 Å². The van der Waals surface area contributed by atoms with Crippen molar-refractivity contribution < 1.29 is 4.43 Å². The Morgan fingerprint density at radius 2 is 1.22 bits per heavy atom. The molecule has 0 aromatic rings. The van der Waals surface area contributed by atoms with Gasteiger partial charge < -0.3 is 4.43 Å². The van der Waals surface area contributed by atoms with Gasteiger partial charge in [-0.3, -0.25) is 0 Å². The number of halogens is 1. The number of hydrogen-bond acceptors (Lipinski definition) is 1. The molecule has 0 spiro atoms. The van der Waals surface area contributed by atoms with Gasteiger partial charge in [0.15, 0.2) is 0 Å². The molecule has 0 saturated carbocycles. The Hall–Kier alpha value is 0.467. The Bertz CT molecular complexity index is 164. The van der Waals surface area contributed by atoms with Crippen LogP contribution in [0.1, 0.15) is 78.6 Å². The maximum atomic E-state index is 6.79. The fourth-order valence-corrected chi connectivity index (χ4v) is 5.88. The number of hydrogen-bond donors (Lipinski definition) is 0. The highest BCUT2D eigenvalue weighted by Gasteiger charge is 2.31. The van der Waals surface area contributed by atoms with Crippen LogP contribution in [0.2, 0.25) is 12.1 Å². The van der Waals surface area contributed by atoms with E-state index in [1.165, 1.54) is 51.4 Å². The van der Waals surface area contributed by atoms with Crippen molar-refractivity contribution >= 4 is 18.7 Å². The van der Waals surface area contributed by atoms with Crippen LogP contribution in [0.5, 0.6) is 0 Å². The second-order valence-electron chi connectivity index (χ2n) is 5.35. The van der Waals surface area contributed by atoms with E-state index in [1.807, 2.05) is 0 Å². The van der Waals surface area contributed by atoms with E-state index >= 15 is 0 Å².